The molecule has 0 fully saturated rings. The SMILES string of the molecule is CC1=NN(c2ccccc2)C(=O)C1CNc1ccc(C)cc1. The Morgan fingerprint density at radius 1 is 1.05 bits per heavy atom. The first kappa shape index (κ1) is 14.3. The van der Waals surface area contributed by atoms with Gasteiger partial charge in [-0.25, -0.2) is 5.01 Å². The number of anilines is 2. The Kier molecular flexibility index (Phi) is 3.92. The van der Waals surface area contributed by atoms with Crippen LogP contribution in [-0.4, -0.2) is 18.2 Å². The van der Waals surface area contributed by atoms with E-state index < -0.39 is 0 Å². The number of carbonyl (C=O) groups excluding carboxylic acids is 1. The first-order valence-corrected chi connectivity index (χ1v) is 7.40. The van der Waals surface area contributed by atoms with Gasteiger partial charge in [0.1, 0.15) is 0 Å². The number of amides is 1. The minimum absolute atomic E-state index is 0.0170. The van der Waals surface area contributed by atoms with Crippen LogP contribution in [0.5, 0.6) is 0 Å². The normalized spacial score (nSPS) is 17.5. The summed E-state index contributed by atoms with van der Waals surface area (Å²) in [5.74, 6) is -0.204. The zero-order valence-corrected chi connectivity index (χ0v) is 12.8. The number of para-hydroxylation sites is 1. The molecule has 2 aromatic carbocycles. The van der Waals surface area contributed by atoms with Gasteiger partial charge in [-0.1, -0.05) is 35.9 Å². The molecule has 4 nitrogen and oxygen atoms in total. The third-order valence-corrected chi connectivity index (χ3v) is 3.83. The zero-order chi connectivity index (χ0) is 15.5. The monoisotopic (exact) mass is 293 g/mol. The Labute approximate surface area is 130 Å². The summed E-state index contributed by atoms with van der Waals surface area (Å²) in [6.45, 7) is 4.52. The summed E-state index contributed by atoms with van der Waals surface area (Å²) in [5, 5.41) is 9.22. The minimum Gasteiger partial charge on any atom is -0.384 e. The van der Waals surface area contributed by atoms with Gasteiger partial charge in [-0.3, -0.25) is 4.79 Å². The van der Waals surface area contributed by atoms with Gasteiger partial charge in [0.15, 0.2) is 0 Å². The maximum absolute atomic E-state index is 12.6. The van der Waals surface area contributed by atoms with E-state index in [-0.39, 0.29) is 11.8 Å². The summed E-state index contributed by atoms with van der Waals surface area (Å²) >= 11 is 0. The molecule has 0 aromatic heterocycles. The van der Waals surface area contributed by atoms with Gasteiger partial charge < -0.3 is 5.32 Å². The molecule has 1 amide bonds. The van der Waals surface area contributed by atoms with Crippen molar-refractivity contribution in [2.45, 2.75) is 13.8 Å². The van der Waals surface area contributed by atoms with Gasteiger partial charge in [0.25, 0.3) is 5.91 Å². The van der Waals surface area contributed by atoms with Crippen LogP contribution in [0.25, 0.3) is 0 Å². The average Bonchev–Trinajstić information content (AvgIpc) is 2.82. The molecular formula is C18H19N3O. The lowest BCUT2D eigenvalue weighted by Crippen LogP contribution is -2.31. The lowest BCUT2D eigenvalue weighted by Gasteiger charge is -2.15. The van der Waals surface area contributed by atoms with Crippen LogP contribution < -0.4 is 10.3 Å². The minimum atomic E-state index is -0.221. The van der Waals surface area contributed by atoms with Crippen molar-refractivity contribution in [3.8, 4) is 0 Å². The molecule has 1 N–H and O–H groups in total. The molecule has 1 aliphatic rings. The summed E-state index contributed by atoms with van der Waals surface area (Å²) in [5.41, 5.74) is 3.89. The fourth-order valence-corrected chi connectivity index (χ4v) is 2.48. The predicted octanol–water partition coefficient (Wildman–Crippen LogP) is 3.45. The van der Waals surface area contributed by atoms with Crippen LogP contribution in [0.15, 0.2) is 59.7 Å². The number of nitrogens with one attached hydrogen (secondary N) is 1. The second-order valence-electron chi connectivity index (χ2n) is 5.53. The van der Waals surface area contributed by atoms with Gasteiger partial charge in [0, 0.05) is 12.2 Å². The zero-order valence-electron chi connectivity index (χ0n) is 12.8. The van der Waals surface area contributed by atoms with E-state index >= 15 is 0 Å². The Hall–Kier alpha value is -2.62. The van der Waals surface area contributed by atoms with Gasteiger partial charge in [-0.2, -0.15) is 5.10 Å². The highest BCUT2D eigenvalue weighted by molar-refractivity contribution is 6.15. The van der Waals surface area contributed by atoms with Gasteiger partial charge in [0.05, 0.1) is 17.3 Å². The van der Waals surface area contributed by atoms with Gasteiger partial charge >= 0.3 is 0 Å². The molecule has 0 bridgehead atoms. The molecule has 0 radical (unpaired) electrons. The maximum Gasteiger partial charge on any atom is 0.258 e. The Morgan fingerprint density at radius 3 is 2.41 bits per heavy atom. The molecular weight excluding hydrogens is 274 g/mol. The van der Waals surface area contributed by atoms with Crippen molar-refractivity contribution in [3.05, 3.63) is 60.2 Å². The third kappa shape index (κ3) is 2.86. The molecule has 1 unspecified atom stereocenters. The van der Waals surface area contributed by atoms with Crippen molar-refractivity contribution >= 4 is 23.0 Å². The van der Waals surface area contributed by atoms with Crippen LogP contribution in [0.3, 0.4) is 0 Å². The topological polar surface area (TPSA) is 44.7 Å². The highest BCUT2D eigenvalue weighted by atomic mass is 16.2. The number of nitrogens with zero attached hydrogens (tertiary/aromatic N) is 2. The maximum atomic E-state index is 12.6. The van der Waals surface area contributed by atoms with Crippen molar-refractivity contribution in [1.29, 1.82) is 0 Å². The molecule has 3 rings (SSSR count). The van der Waals surface area contributed by atoms with E-state index in [1.54, 1.807) is 0 Å². The fourth-order valence-electron chi connectivity index (χ4n) is 2.48. The molecule has 0 aliphatic carbocycles. The number of hydrogen-bond donors (Lipinski definition) is 1. The molecule has 4 heteroatoms. The van der Waals surface area contributed by atoms with E-state index in [2.05, 4.69) is 29.5 Å². The largest absolute Gasteiger partial charge is 0.384 e. The molecule has 112 valence electrons. The fraction of sp³-hybridized carbons (Fsp3) is 0.222. The van der Waals surface area contributed by atoms with Crippen LogP contribution in [0.4, 0.5) is 11.4 Å². The molecule has 1 aliphatic heterocycles. The predicted molar refractivity (Wildman–Crippen MR) is 90.2 cm³/mol. The molecule has 2 aromatic rings. The van der Waals surface area contributed by atoms with Crippen molar-refractivity contribution in [3.63, 3.8) is 0 Å². The highest BCUT2D eigenvalue weighted by Gasteiger charge is 2.33. The molecule has 22 heavy (non-hydrogen) atoms. The number of benzene rings is 2. The first-order valence-electron chi connectivity index (χ1n) is 7.40. The van der Waals surface area contributed by atoms with Crippen LogP contribution in [0.2, 0.25) is 0 Å². The summed E-state index contributed by atoms with van der Waals surface area (Å²) < 4.78 is 0. The van der Waals surface area contributed by atoms with Crippen molar-refractivity contribution in [2.24, 2.45) is 11.0 Å². The smallest absolute Gasteiger partial charge is 0.258 e. The lowest BCUT2D eigenvalue weighted by molar-refractivity contribution is -0.119. The van der Waals surface area contributed by atoms with Crippen LogP contribution in [-0.2, 0) is 4.79 Å². The highest BCUT2D eigenvalue weighted by Crippen LogP contribution is 2.24. The number of hydrazone groups is 1. The molecule has 0 spiro atoms. The number of rotatable bonds is 4. The van der Waals surface area contributed by atoms with Gasteiger partial charge in [-0.15, -0.1) is 0 Å². The molecule has 0 saturated carbocycles. The Bertz CT molecular complexity index is 692. The Balaban J connectivity index is 1.69. The van der Waals surface area contributed by atoms with E-state index in [0.717, 1.165) is 17.1 Å². The standard InChI is InChI=1S/C18H19N3O/c1-13-8-10-15(11-9-13)19-12-17-14(2)20-21(18(17)22)16-6-4-3-5-7-16/h3-11,17,19H,12H2,1-2H3. The number of aryl methyl sites for hydroxylation is 1. The van der Waals surface area contributed by atoms with E-state index in [4.69, 9.17) is 0 Å². The van der Waals surface area contributed by atoms with Crippen molar-refractivity contribution in [1.82, 2.24) is 0 Å². The van der Waals surface area contributed by atoms with Crippen LogP contribution in [0.1, 0.15) is 12.5 Å². The van der Waals surface area contributed by atoms with E-state index in [1.165, 1.54) is 10.6 Å². The van der Waals surface area contributed by atoms with Crippen molar-refractivity contribution in [2.75, 3.05) is 16.9 Å². The Morgan fingerprint density at radius 2 is 1.73 bits per heavy atom. The van der Waals surface area contributed by atoms with E-state index in [9.17, 15) is 4.79 Å². The van der Waals surface area contributed by atoms with Gasteiger partial charge in [-0.05, 0) is 38.1 Å². The van der Waals surface area contributed by atoms with E-state index in [1.807, 2.05) is 49.4 Å². The quantitative estimate of drug-likeness (QED) is 0.938. The van der Waals surface area contributed by atoms with E-state index in [0.29, 0.717) is 6.54 Å². The van der Waals surface area contributed by atoms with Gasteiger partial charge in [0.2, 0.25) is 0 Å². The number of hydrogen-bond acceptors (Lipinski definition) is 3. The second kappa shape index (κ2) is 6.02. The summed E-state index contributed by atoms with van der Waals surface area (Å²) in [7, 11) is 0. The molecule has 1 heterocycles. The lowest BCUT2D eigenvalue weighted by atomic mass is 10.0. The number of carbonyl (C=O) groups is 1. The first-order chi connectivity index (χ1) is 10.6. The summed E-state index contributed by atoms with van der Waals surface area (Å²) in [4.78, 5) is 12.6. The average molecular weight is 293 g/mol. The molecule has 0 saturated heterocycles. The second-order valence-corrected chi connectivity index (χ2v) is 5.53. The molecule has 1 atom stereocenters. The van der Waals surface area contributed by atoms with Crippen molar-refractivity contribution < 1.29 is 4.79 Å². The van der Waals surface area contributed by atoms with Crippen LogP contribution >= 0.6 is 0 Å². The third-order valence-electron chi connectivity index (χ3n) is 3.83. The van der Waals surface area contributed by atoms with Crippen LogP contribution in [0, 0.1) is 12.8 Å². The summed E-state index contributed by atoms with van der Waals surface area (Å²) in [6.07, 6.45) is 0. The summed E-state index contributed by atoms with van der Waals surface area (Å²) in [6, 6.07) is 17.7.